The maximum atomic E-state index is 12.8. The molecule has 2 aliphatic carbocycles. The van der Waals surface area contributed by atoms with Crippen molar-refractivity contribution in [1.82, 2.24) is 0 Å². The van der Waals surface area contributed by atoms with Gasteiger partial charge >= 0.3 is 29.8 Å². The van der Waals surface area contributed by atoms with Gasteiger partial charge in [-0.05, 0) is 38.0 Å². The molecule has 2 saturated carbocycles. The lowest BCUT2D eigenvalue weighted by Crippen LogP contribution is -2.43. The SMILES string of the molecule is C=CC(=O)OC1CCC(COC(=O)C2CCC(OC(=O)C=C)C(OC(=O)C=C)C2)CC1OC(=O)C=C. The average Bonchev–Trinajstić information content (AvgIpc) is 2.88. The van der Waals surface area contributed by atoms with Gasteiger partial charge in [-0.25, -0.2) is 19.2 Å². The molecule has 0 aromatic carbocycles. The van der Waals surface area contributed by atoms with Gasteiger partial charge in [-0.3, -0.25) is 4.79 Å². The summed E-state index contributed by atoms with van der Waals surface area (Å²) in [6.07, 6.45) is 3.28. The van der Waals surface area contributed by atoms with Crippen molar-refractivity contribution >= 4 is 29.8 Å². The minimum absolute atomic E-state index is 0.0750. The predicted molar refractivity (Wildman–Crippen MR) is 126 cm³/mol. The quantitative estimate of drug-likeness (QED) is 0.235. The lowest BCUT2D eigenvalue weighted by atomic mass is 9.84. The Labute approximate surface area is 209 Å². The number of hydrogen-bond acceptors (Lipinski definition) is 10. The normalized spacial score (nSPS) is 27.3. The summed E-state index contributed by atoms with van der Waals surface area (Å²) in [5.74, 6) is -3.77. The molecular formula is C26H32O10. The number of hydrogen-bond donors (Lipinski definition) is 0. The van der Waals surface area contributed by atoms with Crippen molar-refractivity contribution in [3.05, 3.63) is 50.6 Å². The van der Waals surface area contributed by atoms with Gasteiger partial charge < -0.3 is 23.7 Å². The third-order valence-corrected chi connectivity index (χ3v) is 6.10. The summed E-state index contributed by atoms with van der Waals surface area (Å²) in [6, 6.07) is 0. The fourth-order valence-electron chi connectivity index (χ4n) is 4.28. The van der Waals surface area contributed by atoms with E-state index in [1.165, 1.54) is 0 Å². The van der Waals surface area contributed by atoms with Crippen LogP contribution in [-0.4, -0.2) is 60.9 Å². The molecule has 0 aromatic rings. The van der Waals surface area contributed by atoms with Crippen LogP contribution < -0.4 is 0 Å². The summed E-state index contributed by atoms with van der Waals surface area (Å²) in [7, 11) is 0. The van der Waals surface area contributed by atoms with Gasteiger partial charge in [0.25, 0.3) is 0 Å². The first kappa shape index (κ1) is 28.5. The first-order chi connectivity index (χ1) is 17.2. The molecule has 0 spiro atoms. The van der Waals surface area contributed by atoms with E-state index in [0.717, 1.165) is 24.3 Å². The maximum absolute atomic E-state index is 12.8. The number of rotatable bonds is 11. The number of ether oxygens (including phenoxy) is 5. The topological polar surface area (TPSA) is 132 Å². The molecule has 36 heavy (non-hydrogen) atoms. The highest BCUT2D eigenvalue weighted by atomic mass is 16.6. The van der Waals surface area contributed by atoms with Crippen molar-refractivity contribution in [2.45, 2.75) is 62.9 Å². The minimum atomic E-state index is -0.830. The van der Waals surface area contributed by atoms with E-state index in [9.17, 15) is 24.0 Å². The molecule has 6 atom stereocenters. The highest BCUT2D eigenvalue weighted by molar-refractivity contribution is 5.83. The van der Waals surface area contributed by atoms with E-state index < -0.39 is 60.2 Å². The van der Waals surface area contributed by atoms with E-state index in [0.29, 0.717) is 32.1 Å². The minimum Gasteiger partial charge on any atom is -0.465 e. The maximum Gasteiger partial charge on any atom is 0.330 e. The molecule has 0 saturated heterocycles. The Morgan fingerprint density at radius 1 is 0.583 bits per heavy atom. The summed E-state index contributed by atoms with van der Waals surface area (Å²) < 4.78 is 26.8. The molecule has 0 aromatic heterocycles. The molecule has 10 heteroatoms. The molecule has 0 radical (unpaired) electrons. The van der Waals surface area contributed by atoms with Gasteiger partial charge in [0.1, 0.15) is 24.4 Å². The van der Waals surface area contributed by atoms with E-state index in [1.807, 2.05) is 0 Å². The Bertz CT molecular complexity index is 891. The average molecular weight is 505 g/mol. The first-order valence-electron chi connectivity index (χ1n) is 11.7. The van der Waals surface area contributed by atoms with Crippen molar-refractivity contribution in [1.29, 1.82) is 0 Å². The van der Waals surface area contributed by atoms with E-state index in [4.69, 9.17) is 23.7 Å². The molecular weight excluding hydrogens is 472 g/mol. The van der Waals surface area contributed by atoms with Crippen LogP contribution in [0.4, 0.5) is 0 Å². The van der Waals surface area contributed by atoms with E-state index in [-0.39, 0.29) is 18.9 Å². The highest BCUT2D eigenvalue weighted by Gasteiger charge is 2.40. The Balaban J connectivity index is 1.95. The van der Waals surface area contributed by atoms with Gasteiger partial charge in [0.2, 0.25) is 0 Å². The van der Waals surface area contributed by atoms with Gasteiger partial charge in [-0.2, -0.15) is 0 Å². The van der Waals surface area contributed by atoms with Crippen LogP contribution in [0.2, 0.25) is 0 Å². The van der Waals surface area contributed by atoms with Crippen LogP contribution in [-0.2, 0) is 47.7 Å². The highest BCUT2D eigenvalue weighted by Crippen LogP contribution is 2.32. The summed E-state index contributed by atoms with van der Waals surface area (Å²) in [4.78, 5) is 59.5. The van der Waals surface area contributed by atoms with Crippen molar-refractivity contribution in [2.24, 2.45) is 11.8 Å². The second-order valence-electron chi connectivity index (χ2n) is 8.54. The Morgan fingerprint density at radius 2 is 1.00 bits per heavy atom. The predicted octanol–water partition coefficient (Wildman–Crippen LogP) is 2.52. The Morgan fingerprint density at radius 3 is 1.47 bits per heavy atom. The van der Waals surface area contributed by atoms with Crippen molar-refractivity contribution in [2.75, 3.05) is 6.61 Å². The summed E-state index contributed by atoms with van der Waals surface area (Å²) in [5.41, 5.74) is 0. The van der Waals surface area contributed by atoms with Crippen molar-refractivity contribution in [3.63, 3.8) is 0 Å². The van der Waals surface area contributed by atoms with E-state index >= 15 is 0 Å². The molecule has 0 bridgehead atoms. The van der Waals surface area contributed by atoms with Crippen LogP contribution in [0.3, 0.4) is 0 Å². The van der Waals surface area contributed by atoms with Gasteiger partial charge in [0.15, 0.2) is 0 Å². The summed E-state index contributed by atoms with van der Waals surface area (Å²) >= 11 is 0. The van der Waals surface area contributed by atoms with Gasteiger partial charge in [-0.1, -0.05) is 26.3 Å². The molecule has 0 aliphatic heterocycles. The van der Waals surface area contributed by atoms with Crippen LogP contribution in [0.1, 0.15) is 38.5 Å². The number of esters is 5. The first-order valence-corrected chi connectivity index (χ1v) is 11.7. The lowest BCUT2D eigenvalue weighted by Gasteiger charge is -2.35. The van der Waals surface area contributed by atoms with Crippen LogP contribution >= 0.6 is 0 Å². The summed E-state index contributed by atoms with van der Waals surface area (Å²) in [5, 5.41) is 0. The Hall–Kier alpha value is -3.69. The van der Waals surface area contributed by atoms with Crippen LogP contribution in [0, 0.1) is 11.8 Å². The lowest BCUT2D eigenvalue weighted by molar-refractivity contribution is -0.173. The third-order valence-electron chi connectivity index (χ3n) is 6.10. The van der Waals surface area contributed by atoms with Gasteiger partial charge in [-0.15, -0.1) is 0 Å². The zero-order valence-corrected chi connectivity index (χ0v) is 20.1. The zero-order chi connectivity index (χ0) is 26.7. The second-order valence-corrected chi connectivity index (χ2v) is 8.54. The van der Waals surface area contributed by atoms with E-state index in [2.05, 4.69) is 26.3 Å². The molecule has 10 nitrogen and oxygen atoms in total. The van der Waals surface area contributed by atoms with Crippen LogP contribution in [0.5, 0.6) is 0 Å². The smallest absolute Gasteiger partial charge is 0.330 e. The largest absolute Gasteiger partial charge is 0.465 e. The van der Waals surface area contributed by atoms with Crippen LogP contribution in [0.25, 0.3) is 0 Å². The second kappa shape index (κ2) is 14.0. The molecule has 2 fully saturated rings. The van der Waals surface area contributed by atoms with Crippen molar-refractivity contribution < 1.29 is 47.7 Å². The fraction of sp³-hybridized carbons (Fsp3) is 0.500. The summed E-state index contributed by atoms with van der Waals surface area (Å²) in [6.45, 7) is 13.5. The number of carbonyl (C=O) groups is 5. The molecule has 196 valence electrons. The zero-order valence-electron chi connectivity index (χ0n) is 20.1. The third kappa shape index (κ3) is 8.51. The molecule has 0 N–H and O–H groups in total. The fourth-order valence-corrected chi connectivity index (χ4v) is 4.28. The number of carbonyl (C=O) groups excluding carboxylic acids is 5. The molecule has 2 aliphatic rings. The van der Waals surface area contributed by atoms with E-state index in [1.54, 1.807) is 0 Å². The standard InChI is InChI=1S/C26H32O10/c1-5-22(27)33-18-11-9-16(13-20(18)35-24(29)7-3)15-32-26(31)17-10-12-19(34-23(28)6-2)21(14-17)36-25(30)8-4/h5-8,16-21H,1-4,9-15H2. The molecule has 2 rings (SSSR count). The monoisotopic (exact) mass is 504 g/mol. The Kier molecular flexibility index (Phi) is 11.1. The molecule has 0 heterocycles. The molecule has 0 amide bonds. The van der Waals surface area contributed by atoms with Gasteiger partial charge in [0, 0.05) is 30.7 Å². The van der Waals surface area contributed by atoms with Crippen LogP contribution in [0.15, 0.2) is 50.6 Å². The molecule has 6 unspecified atom stereocenters. The van der Waals surface area contributed by atoms with Crippen molar-refractivity contribution in [3.8, 4) is 0 Å². The van der Waals surface area contributed by atoms with Gasteiger partial charge in [0.05, 0.1) is 12.5 Å².